The van der Waals surface area contributed by atoms with Crippen molar-refractivity contribution in [1.82, 2.24) is 4.98 Å². The number of rotatable bonds is 4. The van der Waals surface area contributed by atoms with Crippen LogP contribution in [0.25, 0.3) is 0 Å². The topological polar surface area (TPSA) is 83.6 Å². The Bertz CT molecular complexity index is 755. The van der Waals surface area contributed by atoms with Crippen LogP contribution < -0.4 is 15.5 Å². The summed E-state index contributed by atoms with van der Waals surface area (Å²) in [6.45, 7) is 4.48. The van der Waals surface area contributed by atoms with E-state index in [9.17, 15) is 9.59 Å². The third-order valence-corrected chi connectivity index (χ3v) is 3.80. The molecule has 0 aliphatic carbocycles. The highest BCUT2D eigenvalue weighted by molar-refractivity contribution is 6.03. The molecule has 2 amide bonds. The molecule has 7 heteroatoms. The summed E-state index contributed by atoms with van der Waals surface area (Å²) in [5.41, 5.74) is 2.53. The Labute approximate surface area is 146 Å². The second kappa shape index (κ2) is 7.76. The van der Waals surface area contributed by atoms with Gasteiger partial charge in [0.25, 0.3) is 5.91 Å². The first kappa shape index (κ1) is 16.9. The number of ether oxygens (including phenoxy) is 1. The number of morpholine rings is 1. The zero-order valence-electron chi connectivity index (χ0n) is 14.0. The summed E-state index contributed by atoms with van der Waals surface area (Å²) in [5.74, 6) is -0.461. The molecule has 2 aromatic rings. The molecule has 1 aliphatic rings. The summed E-state index contributed by atoms with van der Waals surface area (Å²) in [5, 5.41) is 5.46. The van der Waals surface area contributed by atoms with Gasteiger partial charge in [-0.25, -0.2) is 4.98 Å². The van der Waals surface area contributed by atoms with Crippen LogP contribution in [0.15, 0.2) is 42.6 Å². The van der Waals surface area contributed by atoms with E-state index in [1.165, 1.54) is 6.92 Å². The molecule has 1 fully saturated rings. The molecule has 0 saturated carbocycles. The van der Waals surface area contributed by atoms with Gasteiger partial charge < -0.3 is 20.3 Å². The molecule has 3 rings (SSSR count). The van der Waals surface area contributed by atoms with E-state index >= 15 is 0 Å². The first-order chi connectivity index (χ1) is 12.1. The van der Waals surface area contributed by atoms with Gasteiger partial charge in [0.05, 0.1) is 25.1 Å². The summed E-state index contributed by atoms with van der Waals surface area (Å²) in [6.07, 6.45) is 1.70. The van der Waals surface area contributed by atoms with Gasteiger partial charge in [-0.05, 0) is 30.3 Å². The zero-order valence-corrected chi connectivity index (χ0v) is 14.0. The number of benzene rings is 1. The highest BCUT2D eigenvalue weighted by Crippen LogP contribution is 2.17. The summed E-state index contributed by atoms with van der Waals surface area (Å²) in [4.78, 5) is 29.9. The number of carbonyl (C=O) groups excluding carboxylic acids is 2. The van der Waals surface area contributed by atoms with Crippen molar-refractivity contribution >= 4 is 28.9 Å². The molecule has 0 spiro atoms. The highest BCUT2D eigenvalue weighted by atomic mass is 16.5. The Balaban J connectivity index is 1.65. The standard InChI is InChI=1S/C18H20N4O3/c1-13(23)20-14-3-2-4-15(11-14)21-18(24)17-6-5-16(12-19-17)22-7-9-25-10-8-22/h2-6,11-12H,7-10H2,1H3,(H,20,23)(H,21,24). The molecule has 7 nitrogen and oxygen atoms in total. The maximum atomic E-state index is 12.3. The summed E-state index contributed by atoms with van der Waals surface area (Å²) in [7, 11) is 0. The molecule has 25 heavy (non-hydrogen) atoms. The first-order valence-electron chi connectivity index (χ1n) is 8.09. The van der Waals surface area contributed by atoms with Gasteiger partial charge in [-0.3, -0.25) is 9.59 Å². The van der Waals surface area contributed by atoms with E-state index in [1.807, 2.05) is 6.07 Å². The quantitative estimate of drug-likeness (QED) is 0.891. The number of aromatic nitrogens is 1. The van der Waals surface area contributed by atoms with E-state index in [1.54, 1.807) is 36.5 Å². The second-order valence-corrected chi connectivity index (χ2v) is 5.72. The van der Waals surface area contributed by atoms with Gasteiger partial charge in [-0.2, -0.15) is 0 Å². The third kappa shape index (κ3) is 4.54. The lowest BCUT2D eigenvalue weighted by Gasteiger charge is -2.28. The number of carbonyl (C=O) groups is 2. The van der Waals surface area contributed by atoms with E-state index in [0.29, 0.717) is 30.3 Å². The van der Waals surface area contributed by atoms with E-state index in [4.69, 9.17) is 4.74 Å². The number of anilines is 3. The van der Waals surface area contributed by atoms with Crippen molar-refractivity contribution < 1.29 is 14.3 Å². The van der Waals surface area contributed by atoms with Crippen LogP contribution in [0, 0.1) is 0 Å². The van der Waals surface area contributed by atoms with Crippen LogP contribution in [0.4, 0.5) is 17.1 Å². The van der Waals surface area contributed by atoms with Gasteiger partial charge in [0.15, 0.2) is 0 Å². The lowest BCUT2D eigenvalue weighted by molar-refractivity contribution is -0.114. The minimum atomic E-state index is -0.298. The molecule has 0 unspecified atom stereocenters. The lowest BCUT2D eigenvalue weighted by Crippen LogP contribution is -2.36. The monoisotopic (exact) mass is 340 g/mol. The van der Waals surface area contributed by atoms with Crippen molar-refractivity contribution in [2.75, 3.05) is 41.8 Å². The van der Waals surface area contributed by atoms with Crippen molar-refractivity contribution in [3.8, 4) is 0 Å². The molecule has 0 bridgehead atoms. The summed E-state index contributed by atoms with van der Waals surface area (Å²) < 4.78 is 5.33. The predicted octanol–water partition coefficient (Wildman–Crippen LogP) is 2.13. The Morgan fingerprint density at radius 2 is 1.80 bits per heavy atom. The van der Waals surface area contributed by atoms with Crippen LogP contribution in [0.3, 0.4) is 0 Å². The number of pyridine rings is 1. The molecule has 1 aliphatic heterocycles. The van der Waals surface area contributed by atoms with Crippen LogP contribution in [0.2, 0.25) is 0 Å². The normalized spacial score (nSPS) is 14.0. The van der Waals surface area contributed by atoms with Crippen LogP contribution in [0.1, 0.15) is 17.4 Å². The molecule has 1 aromatic carbocycles. The van der Waals surface area contributed by atoms with Gasteiger partial charge in [-0.15, -0.1) is 0 Å². The van der Waals surface area contributed by atoms with E-state index in [2.05, 4.69) is 20.5 Å². The third-order valence-electron chi connectivity index (χ3n) is 3.80. The maximum absolute atomic E-state index is 12.3. The number of hydrogen-bond acceptors (Lipinski definition) is 5. The number of nitrogens with zero attached hydrogens (tertiary/aromatic N) is 2. The minimum Gasteiger partial charge on any atom is -0.378 e. The summed E-state index contributed by atoms with van der Waals surface area (Å²) in [6, 6.07) is 10.6. The molecule has 1 saturated heterocycles. The van der Waals surface area contributed by atoms with E-state index in [0.717, 1.165) is 18.8 Å². The van der Waals surface area contributed by atoms with Gasteiger partial charge in [0.1, 0.15) is 5.69 Å². The van der Waals surface area contributed by atoms with Crippen LogP contribution >= 0.6 is 0 Å². The Morgan fingerprint density at radius 3 is 2.44 bits per heavy atom. The van der Waals surface area contributed by atoms with Crippen molar-refractivity contribution in [2.45, 2.75) is 6.92 Å². The molecule has 2 heterocycles. The number of hydrogen-bond donors (Lipinski definition) is 2. The Hall–Kier alpha value is -2.93. The fourth-order valence-corrected chi connectivity index (χ4v) is 2.60. The van der Waals surface area contributed by atoms with Crippen LogP contribution in [0.5, 0.6) is 0 Å². The maximum Gasteiger partial charge on any atom is 0.274 e. The molecule has 0 radical (unpaired) electrons. The fourth-order valence-electron chi connectivity index (χ4n) is 2.60. The number of amides is 2. The fraction of sp³-hybridized carbons (Fsp3) is 0.278. The zero-order chi connectivity index (χ0) is 17.6. The van der Waals surface area contributed by atoms with E-state index < -0.39 is 0 Å². The second-order valence-electron chi connectivity index (χ2n) is 5.72. The Morgan fingerprint density at radius 1 is 1.08 bits per heavy atom. The van der Waals surface area contributed by atoms with Crippen molar-refractivity contribution in [3.63, 3.8) is 0 Å². The van der Waals surface area contributed by atoms with Crippen molar-refractivity contribution in [3.05, 3.63) is 48.3 Å². The van der Waals surface area contributed by atoms with Crippen LogP contribution in [-0.2, 0) is 9.53 Å². The molecular formula is C18H20N4O3. The largest absolute Gasteiger partial charge is 0.378 e. The van der Waals surface area contributed by atoms with Crippen LogP contribution in [-0.4, -0.2) is 43.1 Å². The van der Waals surface area contributed by atoms with Gasteiger partial charge in [0.2, 0.25) is 5.91 Å². The highest BCUT2D eigenvalue weighted by Gasteiger charge is 2.13. The molecular weight excluding hydrogens is 320 g/mol. The van der Waals surface area contributed by atoms with Crippen molar-refractivity contribution in [1.29, 1.82) is 0 Å². The van der Waals surface area contributed by atoms with E-state index in [-0.39, 0.29) is 11.8 Å². The van der Waals surface area contributed by atoms with Crippen molar-refractivity contribution in [2.24, 2.45) is 0 Å². The Kier molecular flexibility index (Phi) is 5.25. The van der Waals surface area contributed by atoms with Gasteiger partial charge in [0, 0.05) is 31.4 Å². The molecule has 2 N–H and O–H groups in total. The molecule has 1 aromatic heterocycles. The SMILES string of the molecule is CC(=O)Nc1cccc(NC(=O)c2ccc(N3CCOCC3)cn2)c1. The first-order valence-corrected chi connectivity index (χ1v) is 8.09. The summed E-state index contributed by atoms with van der Waals surface area (Å²) >= 11 is 0. The smallest absolute Gasteiger partial charge is 0.274 e. The molecule has 0 atom stereocenters. The average Bonchev–Trinajstić information content (AvgIpc) is 2.62. The van der Waals surface area contributed by atoms with Gasteiger partial charge >= 0.3 is 0 Å². The lowest BCUT2D eigenvalue weighted by atomic mass is 10.2. The predicted molar refractivity (Wildman–Crippen MR) is 96.0 cm³/mol. The average molecular weight is 340 g/mol. The molecule has 130 valence electrons. The number of nitrogens with one attached hydrogen (secondary N) is 2. The van der Waals surface area contributed by atoms with Gasteiger partial charge in [-0.1, -0.05) is 6.07 Å². The minimum absolute atomic E-state index is 0.163.